The van der Waals surface area contributed by atoms with Crippen molar-refractivity contribution in [2.45, 2.75) is 33.2 Å². The van der Waals surface area contributed by atoms with Crippen molar-refractivity contribution < 1.29 is 4.74 Å². The molecule has 0 aliphatic heterocycles. The Bertz CT molecular complexity index is 373. The van der Waals surface area contributed by atoms with E-state index in [1.165, 1.54) is 5.56 Å². The van der Waals surface area contributed by atoms with Crippen molar-refractivity contribution in [3.8, 4) is 5.75 Å². The second kappa shape index (κ2) is 6.03. The first-order chi connectivity index (χ1) is 8.04. The summed E-state index contributed by atoms with van der Waals surface area (Å²) in [6.45, 7) is 6.85. The molecule has 2 unspecified atom stereocenters. The van der Waals surface area contributed by atoms with Gasteiger partial charge in [0.05, 0.1) is 7.11 Å². The van der Waals surface area contributed by atoms with Gasteiger partial charge in [-0.15, -0.1) is 0 Å². The van der Waals surface area contributed by atoms with Crippen LogP contribution in [0.2, 0.25) is 0 Å². The minimum Gasteiger partial charge on any atom is -0.496 e. The molecule has 0 amide bonds. The normalized spacial score (nSPS) is 14.5. The van der Waals surface area contributed by atoms with E-state index in [9.17, 15) is 0 Å². The quantitative estimate of drug-likeness (QED) is 0.824. The van der Waals surface area contributed by atoms with Crippen LogP contribution in [0.3, 0.4) is 0 Å². The van der Waals surface area contributed by atoms with Crippen LogP contribution < -0.4 is 16.2 Å². The third-order valence-electron chi connectivity index (χ3n) is 3.35. The summed E-state index contributed by atoms with van der Waals surface area (Å²) in [5.41, 5.74) is 15.5. The average Bonchev–Trinajstić information content (AvgIpc) is 2.29. The van der Waals surface area contributed by atoms with E-state index in [4.69, 9.17) is 16.2 Å². The Morgan fingerprint density at radius 3 is 2.41 bits per heavy atom. The third-order valence-corrected chi connectivity index (χ3v) is 3.35. The van der Waals surface area contributed by atoms with Gasteiger partial charge in [0.2, 0.25) is 0 Å². The number of hydrogen-bond acceptors (Lipinski definition) is 3. The van der Waals surface area contributed by atoms with E-state index in [1.807, 2.05) is 6.92 Å². The van der Waals surface area contributed by atoms with E-state index in [-0.39, 0.29) is 6.04 Å². The van der Waals surface area contributed by atoms with Gasteiger partial charge < -0.3 is 16.2 Å². The van der Waals surface area contributed by atoms with E-state index >= 15 is 0 Å². The molecular weight excluding hydrogens is 212 g/mol. The summed E-state index contributed by atoms with van der Waals surface area (Å²) in [7, 11) is 1.69. The van der Waals surface area contributed by atoms with Crippen LogP contribution in [0.15, 0.2) is 12.1 Å². The van der Waals surface area contributed by atoms with Gasteiger partial charge in [0.15, 0.2) is 0 Å². The van der Waals surface area contributed by atoms with Crippen LogP contribution in [0.1, 0.15) is 36.1 Å². The lowest BCUT2D eigenvalue weighted by Gasteiger charge is -2.24. The smallest absolute Gasteiger partial charge is 0.126 e. The SMILES string of the molecule is CCC(CN)C(N)c1cc(C)cc(C)c1OC. The number of ether oxygens (including phenoxy) is 1. The molecule has 0 fully saturated rings. The Balaban J connectivity index is 3.19. The number of methoxy groups -OCH3 is 1. The van der Waals surface area contributed by atoms with Crippen LogP contribution in [0.4, 0.5) is 0 Å². The van der Waals surface area contributed by atoms with E-state index < -0.39 is 0 Å². The van der Waals surface area contributed by atoms with Crippen LogP contribution >= 0.6 is 0 Å². The van der Waals surface area contributed by atoms with Gasteiger partial charge in [-0.3, -0.25) is 0 Å². The molecule has 4 N–H and O–H groups in total. The lowest BCUT2D eigenvalue weighted by molar-refractivity contribution is 0.378. The first-order valence-corrected chi connectivity index (χ1v) is 6.15. The molecular formula is C14H24N2O. The topological polar surface area (TPSA) is 61.3 Å². The Kier molecular flexibility index (Phi) is 4.97. The Morgan fingerprint density at radius 2 is 1.94 bits per heavy atom. The molecule has 1 aromatic carbocycles. The Labute approximate surface area is 104 Å². The molecule has 0 aromatic heterocycles. The van der Waals surface area contributed by atoms with Crippen molar-refractivity contribution in [2.75, 3.05) is 13.7 Å². The first-order valence-electron chi connectivity index (χ1n) is 6.15. The molecule has 0 spiro atoms. The molecule has 0 radical (unpaired) electrons. The Hall–Kier alpha value is -1.06. The zero-order chi connectivity index (χ0) is 13.0. The fourth-order valence-electron chi connectivity index (χ4n) is 2.33. The van der Waals surface area contributed by atoms with Crippen LogP contribution in [-0.2, 0) is 0 Å². The number of benzene rings is 1. The van der Waals surface area contributed by atoms with Gasteiger partial charge in [0.25, 0.3) is 0 Å². The summed E-state index contributed by atoms with van der Waals surface area (Å²) in [5, 5.41) is 0. The van der Waals surface area contributed by atoms with Crippen molar-refractivity contribution in [1.82, 2.24) is 0 Å². The molecule has 1 rings (SSSR count). The fraction of sp³-hybridized carbons (Fsp3) is 0.571. The maximum absolute atomic E-state index is 6.31. The van der Waals surface area contributed by atoms with Gasteiger partial charge in [-0.05, 0) is 31.9 Å². The van der Waals surface area contributed by atoms with E-state index in [2.05, 4.69) is 26.0 Å². The largest absolute Gasteiger partial charge is 0.496 e. The van der Waals surface area contributed by atoms with Crippen molar-refractivity contribution in [1.29, 1.82) is 0 Å². The van der Waals surface area contributed by atoms with Crippen molar-refractivity contribution in [3.05, 3.63) is 28.8 Å². The molecule has 3 heteroatoms. The lowest BCUT2D eigenvalue weighted by atomic mass is 9.89. The molecule has 2 atom stereocenters. The predicted octanol–water partition coefficient (Wildman–Crippen LogP) is 2.30. The molecule has 1 aromatic rings. The summed E-state index contributed by atoms with van der Waals surface area (Å²) in [6.07, 6.45) is 0.980. The second-order valence-corrected chi connectivity index (χ2v) is 4.63. The summed E-state index contributed by atoms with van der Waals surface area (Å²) in [4.78, 5) is 0. The molecule has 96 valence electrons. The van der Waals surface area contributed by atoms with Crippen molar-refractivity contribution >= 4 is 0 Å². The van der Waals surface area contributed by atoms with Crippen LogP contribution in [0, 0.1) is 19.8 Å². The highest BCUT2D eigenvalue weighted by molar-refractivity contribution is 5.45. The molecule has 0 saturated carbocycles. The standard InChI is InChI=1S/C14H24N2O/c1-5-11(8-15)13(16)12-7-9(2)6-10(3)14(12)17-4/h6-7,11,13H,5,8,15-16H2,1-4H3. The number of rotatable bonds is 5. The Morgan fingerprint density at radius 1 is 1.29 bits per heavy atom. The van der Waals surface area contributed by atoms with Crippen LogP contribution in [0.5, 0.6) is 5.75 Å². The molecule has 3 nitrogen and oxygen atoms in total. The summed E-state index contributed by atoms with van der Waals surface area (Å²) in [5.74, 6) is 1.19. The highest BCUT2D eigenvalue weighted by atomic mass is 16.5. The van der Waals surface area contributed by atoms with Gasteiger partial charge >= 0.3 is 0 Å². The third kappa shape index (κ3) is 2.99. The minimum absolute atomic E-state index is 0.0569. The van der Waals surface area contributed by atoms with Crippen molar-refractivity contribution in [2.24, 2.45) is 17.4 Å². The number of hydrogen-bond donors (Lipinski definition) is 2. The highest BCUT2D eigenvalue weighted by Gasteiger charge is 2.21. The molecule has 0 aliphatic carbocycles. The van der Waals surface area contributed by atoms with Gasteiger partial charge in [0.1, 0.15) is 5.75 Å². The van der Waals surface area contributed by atoms with Gasteiger partial charge in [-0.2, -0.15) is 0 Å². The van der Waals surface area contributed by atoms with Gasteiger partial charge in [-0.25, -0.2) is 0 Å². The molecule has 0 bridgehead atoms. The zero-order valence-electron chi connectivity index (χ0n) is 11.3. The lowest BCUT2D eigenvalue weighted by Crippen LogP contribution is -2.28. The maximum Gasteiger partial charge on any atom is 0.126 e. The minimum atomic E-state index is -0.0569. The first kappa shape index (κ1) is 14.0. The number of nitrogens with two attached hydrogens (primary N) is 2. The maximum atomic E-state index is 6.31. The fourth-order valence-corrected chi connectivity index (χ4v) is 2.33. The number of aryl methyl sites for hydroxylation is 2. The average molecular weight is 236 g/mol. The summed E-state index contributed by atoms with van der Waals surface area (Å²) < 4.78 is 5.47. The van der Waals surface area contributed by atoms with E-state index in [0.717, 1.165) is 23.3 Å². The van der Waals surface area contributed by atoms with Gasteiger partial charge in [-0.1, -0.05) is 31.0 Å². The van der Waals surface area contributed by atoms with Crippen LogP contribution in [-0.4, -0.2) is 13.7 Å². The zero-order valence-corrected chi connectivity index (χ0v) is 11.3. The molecule has 0 saturated heterocycles. The molecule has 0 heterocycles. The summed E-state index contributed by atoms with van der Waals surface area (Å²) >= 11 is 0. The van der Waals surface area contributed by atoms with Crippen LogP contribution in [0.25, 0.3) is 0 Å². The molecule has 17 heavy (non-hydrogen) atoms. The van der Waals surface area contributed by atoms with E-state index in [1.54, 1.807) is 7.11 Å². The van der Waals surface area contributed by atoms with Crippen molar-refractivity contribution in [3.63, 3.8) is 0 Å². The van der Waals surface area contributed by atoms with E-state index in [0.29, 0.717) is 12.5 Å². The van der Waals surface area contributed by atoms with Gasteiger partial charge in [0, 0.05) is 11.6 Å². The summed E-state index contributed by atoms with van der Waals surface area (Å²) in [6, 6.07) is 4.16. The monoisotopic (exact) mass is 236 g/mol. The predicted molar refractivity (Wildman–Crippen MR) is 72.2 cm³/mol. The molecule has 0 aliphatic rings. The highest BCUT2D eigenvalue weighted by Crippen LogP contribution is 2.33. The second-order valence-electron chi connectivity index (χ2n) is 4.63.